The van der Waals surface area contributed by atoms with Crippen molar-refractivity contribution >= 4 is 0 Å². The third-order valence-corrected chi connectivity index (χ3v) is 4.42. The number of nitrogens with zero attached hydrogens (tertiary/aromatic N) is 3. The monoisotopic (exact) mass is 266 g/mol. The van der Waals surface area contributed by atoms with E-state index in [-0.39, 0.29) is 0 Å². The first-order valence-electron chi connectivity index (χ1n) is 7.02. The standard InChI is InChI=1S/C14H26N4O/c1-10-14(11(2)17(3)16-10)9-18-6-5-13(19-4)7-12(18)8-15/h12-13H,5-9,15H2,1-4H3. The van der Waals surface area contributed by atoms with Crippen LogP contribution in [0.4, 0.5) is 0 Å². The maximum absolute atomic E-state index is 5.93. The number of hydrogen-bond acceptors (Lipinski definition) is 4. The van der Waals surface area contributed by atoms with Crippen molar-refractivity contribution in [2.75, 3.05) is 20.2 Å². The van der Waals surface area contributed by atoms with Crippen LogP contribution < -0.4 is 5.73 Å². The van der Waals surface area contributed by atoms with Crippen molar-refractivity contribution in [1.82, 2.24) is 14.7 Å². The molecule has 0 aromatic carbocycles. The Bertz CT molecular complexity index is 429. The van der Waals surface area contributed by atoms with E-state index in [1.165, 1.54) is 11.3 Å². The highest BCUT2D eigenvalue weighted by molar-refractivity contribution is 5.24. The lowest BCUT2D eigenvalue weighted by Gasteiger charge is -2.38. The highest BCUT2D eigenvalue weighted by Gasteiger charge is 2.28. The van der Waals surface area contributed by atoms with E-state index in [0.717, 1.165) is 31.6 Å². The molecule has 1 aromatic heterocycles. The van der Waals surface area contributed by atoms with Crippen LogP contribution in [-0.4, -0.2) is 47.0 Å². The molecule has 0 bridgehead atoms. The van der Waals surface area contributed by atoms with Crippen molar-refractivity contribution in [3.05, 3.63) is 17.0 Å². The van der Waals surface area contributed by atoms with Gasteiger partial charge in [0.25, 0.3) is 0 Å². The van der Waals surface area contributed by atoms with Gasteiger partial charge in [-0.05, 0) is 26.7 Å². The van der Waals surface area contributed by atoms with Crippen molar-refractivity contribution in [2.24, 2.45) is 12.8 Å². The minimum atomic E-state index is 0.362. The van der Waals surface area contributed by atoms with Crippen LogP contribution >= 0.6 is 0 Å². The average molecular weight is 266 g/mol. The summed E-state index contributed by atoms with van der Waals surface area (Å²) in [5.41, 5.74) is 9.65. The third kappa shape index (κ3) is 2.99. The van der Waals surface area contributed by atoms with E-state index in [1.807, 2.05) is 11.7 Å². The Hall–Kier alpha value is -0.910. The van der Waals surface area contributed by atoms with Crippen LogP contribution in [0.25, 0.3) is 0 Å². The normalized spacial score (nSPS) is 24.9. The van der Waals surface area contributed by atoms with Crippen LogP contribution in [0.3, 0.4) is 0 Å². The van der Waals surface area contributed by atoms with E-state index in [2.05, 4.69) is 23.8 Å². The second-order valence-electron chi connectivity index (χ2n) is 5.52. The lowest BCUT2D eigenvalue weighted by atomic mass is 9.98. The highest BCUT2D eigenvalue weighted by atomic mass is 16.5. The average Bonchev–Trinajstić information content (AvgIpc) is 2.65. The smallest absolute Gasteiger partial charge is 0.0641 e. The van der Waals surface area contributed by atoms with Crippen LogP contribution in [0, 0.1) is 13.8 Å². The molecule has 2 heterocycles. The lowest BCUT2D eigenvalue weighted by Crippen LogP contribution is -2.48. The lowest BCUT2D eigenvalue weighted by molar-refractivity contribution is 0.0101. The summed E-state index contributed by atoms with van der Waals surface area (Å²) in [4.78, 5) is 2.48. The first-order valence-corrected chi connectivity index (χ1v) is 7.02. The molecule has 2 N–H and O–H groups in total. The maximum Gasteiger partial charge on any atom is 0.0641 e. The predicted molar refractivity (Wildman–Crippen MR) is 76.0 cm³/mol. The molecule has 0 amide bonds. The molecule has 0 aliphatic carbocycles. The number of hydrogen-bond donors (Lipinski definition) is 1. The number of piperidine rings is 1. The second kappa shape index (κ2) is 6.03. The van der Waals surface area contributed by atoms with E-state index in [4.69, 9.17) is 10.5 Å². The van der Waals surface area contributed by atoms with Crippen LogP contribution in [0.5, 0.6) is 0 Å². The summed E-state index contributed by atoms with van der Waals surface area (Å²) in [5, 5.41) is 4.49. The van der Waals surface area contributed by atoms with Gasteiger partial charge in [-0.25, -0.2) is 0 Å². The van der Waals surface area contributed by atoms with Crippen molar-refractivity contribution in [3.63, 3.8) is 0 Å². The van der Waals surface area contributed by atoms with Gasteiger partial charge >= 0.3 is 0 Å². The minimum absolute atomic E-state index is 0.362. The zero-order chi connectivity index (χ0) is 14.0. The number of ether oxygens (including phenoxy) is 1. The molecule has 2 rings (SSSR count). The zero-order valence-corrected chi connectivity index (χ0v) is 12.5. The highest BCUT2D eigenvalue weighted by Crippen LogP contribution is 2.23. The maximum atomic E-state index is 5.93. The second-order valence-corrected chi connectivity index (χ2v) is 5.52. The van der Waals surface area contributed by atoms with Gasteiger partial charge in [-0.15, -0.1) is 0 Å². The molecule has 0 saturated carbocycles. The molecular formula is C14H26N4O. The Morgan fingerprint density at radius 3 is 2.68 bits per heavy atom. The number of nitrogens with two attached hydrogens (primary N) is 1. The first kappa shape index (κ1) is 14.5. The molecule has 1 aliphatic heterocycles. The van der Waals surface area contributed by atoms with Crippen molar-refractivity contribution in [3.8, 4) is 0 Å². The zero-order valence-electron chi connectivity index (χ0n) is 12.5. The van der Waals surface area contributed by atoms with E-state index < -0.39 is 0 Å². The SMILES string of the molecule is COC1CCN(Cc2c(C)nn(C)c2C)C(CN)C1. The van der Waals surface area contributed by atoms with E-state index >= 15 is 0 Å². The molecule has 1 saturated heterocycles. The molecule has 0 radical (unpaired) electrons. The largest absolute Gasteiger partial charge is 0.381 e. The van der Waals surface area contributed by atoms with Gasteiger partial charge in [0.1, 0.15) is 0 Å². The first-order chi connectivity index (χ1) is 9.06. The molecular weight excluding hydrogens is 240 g/mol. The quantitative estimate of drug-likeness (QED) is 0.882. The van der Waals surface area contributed by atoms with Gasteiger partial charge in [0.2, 0.25) is 0 Å². The van der Waals surface area contributed by atoms with Crippen molar-refractivity contribution in [2.45, 2.75) is 45.4 Å². The molecule has 2 unspecified atom stereocenters. The molecule has 5 nitrogen and oxygen atoms in total. The van der Waals surface area contributed by atoms with Gasteiger partial charge < -0.3 is 10.5 Å². The molecule has 1 fully saturated rings. The van der Waals surface area contributed by atoms with Crippen LogP contribution in [0.2, 0.25) is 0 Å². The molecule has 2 atom stereocenters. The molecule has 19 heavy (non-hydrogen) atoms. The van der Waals surface area contributed by atoms with Gasteiger partial charge in [-0.2, -0.15) is 5.10 Å². The topological polar surface area (TPSA) is 56.3 Å². The fourth-order valence-electron chi connectivity index (χ4n) is 2.98. The Morgan fingerprint density at radius 2 is 2.16 bits per heavy atom. The Balaban J connectivity index is 2.09. The number of aryl methyl sites for hydroxylation is 2. The number of likely N-dealkylation sites (tertiary alicyclic amines) is 1. The summed E-state index contributed by atoms with van der Waals surface area (Å²) >= 11 is 0. The Kier molecular flexibility index (Phi) is 4.60. The minimum Gasteiger partial charge on any atom is -0.381 e. The molecule has 0 spiro atoms. The summed E-state index contributed by atoms with van der Waals surface area (Å²) < 4.78 is 7.44. The van der Waals surface area contributed by atoms with Gasteiger partial charge in [0, 0.05) is 51.1 Å². The number of rotatable bonds is 4. The van der Waals surface area contributed by atoms with Crippen molar-refractivity contribution in [1.29, 1.82) is 0 Å². The predicted octanol–water partition coefficient (Wildman–Crippen LogP) is 0.975. The fraction of sp³-hybridized carbons (Fsp3) is 0.786. The van der Waals surface area contributed by atoms with E-state index in [0.29, 0.717) is 18.7 Å². The molecule has 5 heteroatoms. The van der Waals surface area contributed by atoms with Gasteiger partial charge in [0.15, 0.2) is 0 Å². The summed E-state index contributed by atoms with van der Waals surface area (Å²) in [6.07, 6.45) is 2.48. The number of methoxy groups -OCH3 is 1. The Labute approximate surface area is 115 Å². The summed E-state index contributed by atoms with van der Waals surface area (Å²) in [6.45, 7) is 6.91. The molecule has 108 valence electrons. The third-order valence-electron chi connectivity index (χ3n) is 4.42. The summed E-state index contributed by atoms with van der Waals surface area (Å²) in [5.74, 6) is 0. The van der Waals surface area contributed by atoms with Gasteiger partial charge in [-0.3, -0.25) is 9.58 Å². The van der Waals surface area contributed by atoms with E-state index in [9.17, 15) is 0 Å². The van der Waals surface area contributed by atoms with Crippen LogP contribution in [0.15, 0.2) is 0 Å². The number of aromatic nitrogens is 2. The fourth-order valence-corrected chi connectivity index (χ4v) is 2.98. The Morgan fingerprint density at radius 1 is 1.42 bits per heavy atom. The van der Waals surface area contributed by atoms with Gasteiger partial charge in [0.05, 0.1) is 11.8 Å². The molecule has 1 aromatic rings. The van der Waals surface area contributed by atoms with Crippen LogP contribution in [-0.2, 0) is 18.3 Å². The summed E-state index contributed by atoms with van der Waals surface area (Å²) in [7, 11) is 3.80. The van der Waals surface area contributed by atoms with Crippen LogP contribution in [0.1, 0.15) is 29.8 Å². The van der Waals surface area contributed by atoms with Gasteiger partial charge in [-0.1, -0.05) is 0 Å². The van der Waals surface area contributed by atoms with E-state index in [1.54, 1.807) is 7.11 Å². The van der Waals surface area contributed by atoms with Crippen molar-refractivity contribution < 1.29 is 4.74 Å². The molecule has 1 aliphatic rings. The summed E-state index contributed by atoms with van der Waals surface area (Å²) in [6, 6.07) is 0.415.